The van der Waals surface area contributed by atoms with Crippen molar-refractivity contribution in [2.75, 3.05) is 18.5 Å². The molecule has 0 saturated carbocycles. The van der Waals surface area contributed by atoms with E-state index in [1.54, 1.807) is 17.0 Å². The lowest BCUT2D eigenvalue weighted by molar-refractivity contribution is -0.142. The van der Waals surface area contributed by atoms with Crippen LogP contribution in [0.25, 0.3) is 0 Å². The van der Waals surface area contributed by atoms with Crippen LogP contribution in [0.4, 0.5) is 5.13 Å². The molecule has 2 aromatic rings. The molecule has 2 aromatic heterocycles. The van der Waals surface area contributed by atoms with E-state index in [1.165, 1.54) is 17.5 Å². The first-order valence-electron chi connectivity index (χ1n) is 7.27. The number of aryl methyl sites for hydroxylation is 1. The normalized spacial score (nSPS) is 13.1. The number of nitrogens with zero attached hydrogens (tertiary/aromatic N) is 3. The monoisotopic (exact) mass is 336 g/mol. The summed E-state index contributed by atoms with van der Waals surface area (Å²) in [6, 6.07) is 0. The molecule has 0 saturated heterocycles. The third-order valence-corrected chi connectivity index (χ3v) is 4.00. The minimum atomic E-state index is -0.338. The van der Waals surface area contributed by atoms with Crippen LogP contribution in [0.2, 0.25) is 0 Å². The van der Waals surface area contributed by atoms with E-state index in [2.05, 4.69) is 15.4 Å². The van der Waals surface area contributed by atoms with Crippen molar-refractivity contribution in [1.29, 1.82) is 0 Å². The molecule has 122 valence electrons. The van der Waals surface area contributed by atoms with Gasteiger partial charge in [-0.2, -0.15) is 5.10 Å². The highest BCUT2D eigenvalue weighted by Gasteiger charge is 2.22. The number of thiazole rings is 1. The lowest BCUT2D eigenvalue weighted by atomic mass is 10.3. The molecule has 1 N–H and O–H groups in total. The highest BCUT2D eigenvalue weighted by atomic mass is 32.1. The van der Waals surface area contributed by atoms with Gasteiger partial charge in [0.2, 0.25) is 5.88 Å². The second-order valence-electron chi connectivity index (χ2n) is 4.87. The van der Waals surface area contributed by atoms with Gasteiger partial charge in [-0.05, 0) is 6.92 Å². The summed E-state index contributed by atoms with van der Waals surface area (Å²) in [5.41, 5.74) is 0.948. The number of rotatable bonds is 5. The molecule has 1 amide bonds. The zero-order valence-corrected chi connectivity index (χ0v) is 13.4. The molecule has 0 bridgehead atoms. The largest absolute Gasteiger partial charge is 0.477 e. The number of carbonyl (C=O) groups excluding carboxylic acids is 2. The first-order valence-corrected chi connectivity index (χ1v) is 8.15. The first-order chi connectivity index (χ1) is 11.2. The summed E-state index contributed by atoms with van der Waals surface area (Å²) >= 11 is 1.25. The number of fused-ring (bicyclic) bond motifs is 1. The van der Waals surface area contributed by atoms with Gasteiger partial charge in [0, 0.05) is 18.3 Å². The molecule has 9 heteroatoms. The van der Waals surface area contributed by atoms with E-state index in [0.717, 1.165) is 13.0 Å². The molecule has 0 unspecified atom stereocenters. The second-order valence-corrected chi connectivity index (χ2v) is 5.73. The Morgan fingerprint density at radius 1 is 1.52 bits per heavy atom. The minimum Gasteiger partial charge on any atom is -0.477 e. The number of ether oxygens (including phenoxy) is 2. The van der Waals surface area contributed by atoms with Crippen LogP contribution in [0.15, 0.2) is 11.6 Å². The molecular formula is C14H16N4O4S. The van der Waals surface area contributed by atoms with E-state index >= 15 is 0 Å². The third kappa shape index (κ3) is 3.50. The van der Waals surface area contributed by atoms with Crippen LogP contribution in [-0.4, -0.2) is 39.9 Å². The zero-order valence-electron chi connectivity index (χ0n) is 12.6. The fraction of sp³-hybridized carbons (Fsp3) is 0.429. The Balaban J connectivity index is 1.65. The number of esters is 1. The Morgan fingerprint density at radius 3 is 3.22 bits per heavy atom. The van der Waals surface area contributed by atoms with Gasteiger partial charge < -0.3 is 9.47 Å². The summed E-state index contributed by atoms with van der Waals surface area (Å²) in [7, 11) is 0. The van der Waals surface area contributed by atoms with Crippen LogP contribution < -0.4 is 10.1 Å². The SMILES string of the molecule is CCOC(=O)Cc1csc(NC(=O)c2cnn3c2OCCC3)n1. The van der Waals surface area contributed by atoms with Crippen LogP contribution in [0, 0.1) is 0 Å². The molecule has 3 rings (SSSR count). The summed E-state index contributed by atoms with van der Waals surface area (Å²) < 4.78 is 12.0. The smallest absolute Gasteiger partial charge is 0.311 e. The number of hydrogen-bond acceptors (Lipinski definition) is 7. The van der Waals surface area contributed by atoms with E-state index in [9.17, 15) is 9.59 Å². The Bertz CT molecular complexity index is 724. The maximum Gasteiger partial charge on any atom is 0.311 e. The number of anilines is 1. The van der Waals surface area contributed by atoms with Crippen LogP contribution in [0.3, 0.4) is 0 Å². The zero-order chi connectivity index (χ0) is 16.2. The van der Waals surface area contributed by atoms with Crippen molar-refractivity contribution in [2.45, 2.75) is 26.3 Å². The molecule has 3 heterocycles. The Morgan fingerprint density at radius 2 is 2.39 bits per heavy atom. The minimum absolute atomic E-state index is 0.0898. The van der Waals surface area contributed by atoms with Gasteiger partial charge >= 0.3 is 5.97 Å². The highest BCUT2D eigenvalue weighted by Crippen LogP contribution is 2.24. The van der Waals surface area contributed by atoms with Gasteiger partial charge in [0.1, 0.15) is 5.56 Å². The van der Waals surface area contributed by atoms with Gasteiger partial charge in [-0.25, -0.2) is 9.67 Å². The molecule has 0 atom stereocenters. The van der Waals surface area contributed by atoms with Crippen molar-refractivity contribution in [1.82, 2.24) is 14.8 Å². The van der Waals surface area contributed by atoms with Gasteiger partial charge in [-0.3, -0.25) is 14.9 Å². The van der Waals surface area contributed by atoms with Crippen LogP contribution in [0.5, 0.6) is 5.88 Å². The van der Waals surface area contributed by atoms with Crippen molar-refractivity contribution < 1.29 is 19.1 Å². The summed E-state index contributed by atoms with van der Waals surface area (Å²) in [4.78, 5) is 27.9. The van der Waals surface area contributed by atoms with Gasteiger partial charge in [0.25, 0.3) is 5.91 Å². The van der Waals surface area contributed by atoms with E-state index in [1.807, 2.05) is 0 Å². The number of aromatic nitrogens is 3. The van der Waals surface area contributed by atoms with Crippen LogP contribution in [-0.2, 0) is 22.5 Å². The predicted molar refractivity (Wildman–Crippen MR) is 82.7 cm³/mol. The number of carbonyl (C=O) groups is 2. The first kappa shape index (κ1) is 15.5. The van der Waals surface area contributed by atoms with Crippen LogP contribution in [0.1, 0.15) is 29.4 Å². The molecule has 8 nitrogen and oxygen atoms in total. The molecule has 0 spiro atoms. The van der Waals surface area contributed by atoms with E-state index in [4.69, 9.17) is 9.47 Å². The fourth-order valence-corrected chi connectivity index (χ4v) is 2.90. The highest BCUT2D eigenvalue weighted by molar-refractivity contribution is 7.14. The molecule has 0 fully saturated rings. The Labute approximate surface area is 136 Å². The number of hydrogen-bond donors (Lipinski definition) is 1. The van der Waals surface area contributed by atoms with Gasteiger partial charge in [-0.15, -0.1) is 11.3 Å². The molecule has 0 radical (unpaired) electrons. The quantitative estimate of drug-likeness (QED) is 0.831. The van der Waals surface area contributed by atoms with Gasteiger partial charge in [0.15, 0.2) is 5.13 Å². The maximum atomic E-state index is 12.3. The summed E-state index contributed by atoms with van der Waals surface area (Å²) in [5.74, 6) is -0.183. The standard InChI is InChI=1S/C14H16N4O4S/c1-2-21-11(19)6-9-8-23-14(16-9)17-12(20)10-7-15-18-4-3-5-22-13(10)18/h7-8H,2-6H2,1H3,(H,16,17,20). The topological polar surface area (TPSA) is 95.3 Å². The fourth-order valence-electron chi connectivity index (χ4n) is 2.19. The van der Waals surface area contributed by atoms with E-state index in [-0.39, 0.29) is 18.3 Å². The van der Waals surface area contributed by atoms with E-state index < -0.39 is 0 Å². The lowest BCUT2D eigenvalue weighted by Gasteiger charge is -2.15. The Kier molecular flexibility index (Phi) is 4.56. The molecule has 0 aliphatic carbocycles. The summed E-state index contributed by atoms with van der Waals surface area (Å²) in [6.07, 6.45) is 2.45. The molecule has 0 aromatic carbocycles. The number of amides is 1. The summed E-state index contributed by atoms with van der Waals surface area (Å²) in [5, 5.41) is 8.98. The van der Waals surface area contributed by atoms with E-state index in [0.29, 0.717) is 35.5 Å². The molecular weight excluding hydrogens is 320 g/mol. The second kappa shape index (κ2) is 6.78. The van der Waals surface area contributed by atoms with Gasteiger partial charge in [-0.1, -0.05) is 0 Å². The van der Waals surface area contributed by atoms with Crippen molar-refractivity contribution >= 4 is 28.3 Å². The lowest BCUT2D eigenvalue weighted by Crippen LogP contribution is -2.18. The average Bonchev–Trinajstić information content (AvgIpc) is 3.14. The van der Waals surface area contributed by atoms with Crippen molar-refractivity contribution in [3.63, 3.8) is 0 Å². The van der Waals surface area contributed by atoms with Crippen LogP contribution >= 0.6 is 11.3 Å². The number of nitrogens with one attached hydrogen (secondary N) is 1. The molecule has 1 aliphatic heterocycles. The van der Waals surface area contributed by atoms with Crippen molar-refractivity contribution in [2.24, 2.45) is 0 Å². The van der Waals surface area contributed by atoms with Gasteiger partial charge in [0.05, 0.1) is 31.5 Å². The third-order valence-electron chi connectivity index (χ3n) is 3.19. The molecule has 1 aliphatic rings. The van der Waals surface area contributed by atoms with Crippen molar-refractivity contribution in [3.05, 3.63) is 22.8 Å². The van der Waals surface area contributed by atoms with Crippen molar-refractivity contribution in [3.8, 4) is 5.88 Å². The molecule has 23 heavy (non-hydrogen) atoms. The average molecular weight is 336 g/mol. The Hall–Kier alpha value is -2.42. The maximum absolute atomic E-state index is 12.3. The predicted octanol–water partition coefficient (Wildman–Crippen LogP) is 1.48. The summed E-state index contributed by atoms with van der Waals surface area (Å²) in [6.45, 7) is 3.40.